The predicted molar refractivity (Wildman–Crippen MR) is 77.9 cm³/mol. The summed E-state index contributed by atoms with van der Waals surface area (Å²) in [5.41, 5.74) is 0. The van der Waals surface area contributed by atoms with Crippen molar-refractivity contribution in [3.8, 4) is 5.75 Å². The average molecular weight is 281 g/mol. The first kappa shape index (κ1) is 13.2. The van der Waals surface area contributed by atoms with Crippen molar-refractivity contribution < 1.29 is 4.74 Å². The highest BCUT2D eigenvalue weighted by Gasteiger charge is 2.33. The first-order valence-corrected chi connectivity index (χ1v) is 7.57. The van der Waals surface area contributed by atoms with E-state index in [1.54, 1.807) is 0 Å². The molecule has 0 aromatic heterocycles. The molecule has 0 radical (unpaired) electrons. The summed E-state index contributed by atoms with van der Waals surface area (Å²) in [5.74, 6) is 0.916. The van der Waals surface area contributed by atoms with Gasteiger partial charge in [-0.15, -0.1) is 0 Å². The zero-order valence-corrected chi connectivity index (χ0v) is 11.9. The molecule has 2 atom stereocenters. The van der Waals surface area contributed by atoms with Crippen LogP contribution in [0.5, 0.6) is 5.75 Å². The molecule has 1 aromatic rings. The third-order valence-electron chi connectivity index (χ3n) is 4.03. The Hall–Kier alpha value is -0.770. The molecule has 0 bridgehead atoms. The Morgan fingerprint density at radius 3 is 2.53 bits per heavy atom. The quantitative estimate of drug-likeness (QED) is 0.917. The fraction of sp³-hybridized carbons (Fsp3) is 0.600. The van der Waals surface area contributed by atoms with E-state index < -0.39 is 0 Å². The SMILES string of the molecule is Clc1ccc(O[C@@H]2CN[C@@H]2CN2CCCCC2)cc1. The molecule has 0 unspecified atom stereocenters. The van der Waals surface area contributed by atoms with Crippen LogP contribution in [0.4, 0.5) is 0 Å². The second kappa shape index (κ2) is 6.12. The van der Waals surface area contributed by atoms with Gasteiger partial charge in [0.05, 0.1) is 6.04 Å². The molecule has 1 N–H and O–H groups in total. The van der Waals surface area contributed by atoms with E-state index >= 15 is 0 Å². The second-order valence-corrected chi connectivity index (χ2v) is 5.92. The summed E-state index contributed by atoms with van der Waals surface area (Å²) in [6.07, 6.45) is 4.37. The number of hydrogen-bond acceptors (Lipinski definition) is 3. The van der Waals surface area contributed by atoms with Crippen LogP contribution in [0.3, 0.4) is 0 Å². The molecule has 3 nitrogen and oxygen atoms in total. The molecule has 2 fully saturated rings. The van der Waals surface area contributed by atoms with Crippen molar-refractivity contribution in [1.29, 1.82) is 0 Å². The first-order chi connectivity index (χ1) is 9.31. The molecule has 104 valence electrons. The van der Waals surface area contributed by atoms with Gasteiger partial charge in [0.2, 0.25) is 0 Å². The Morgan fingerprint density at radius 2 is 1.89 bits per heavy atom. The molecule has 2 aliphatic heterocycles. The zero-order valence-electron chi connectivity index (χ0n) is 11.1. The molecule has 19 heavy (non-hydrogen) atoms. The minimum absolute atomic E-state index is 0.295. The maximum absolute atomic E-state index is 6.01. The van der Waals surface area contributed by atoms with Crippen LogP contribution in [0.2, 0.25) is 5.02 Å². The zero-order chi connectivity index (χ0) is 13.1. The monoisotopic (exact) mass is 280 g/mol. The molecular weight excluding hydrogens is 260 g/mol. The highest BCUT2D eigenvalue weighted by Crippen LogP contribution is 2.21. The Labute approximate surface area is 119 Å². The van der Waals surface area contributed by atoms with Gasteiger partial charge in [-0.2, -0.15) is 0 Å². The van der Waals surface area contributed by atoms with E-state index in [4.69, 9.17) is 16.3 Å². The van der Waals surface area contributed by atoms with Gasteiger partial charge >= 0.3 is 0 Å². The summed E-state index contributed by atoms with van der Waals surface area (Å²) in [6, 6.07) is 8.11. The van der Waals surface area contributed by atoms with Gasteiger partial charge in [-0.1, -0.05) is 18.0 Å². The van der Waals surface area contributed by atoms with Crippen LogP contribution < -0.4 is 10.1 Å². The summed E-state index contributed by atoms with van der Waals surface area (Å²) < 4.78 is 6.01. The largest absolute Gasteiger partial charge is 0.487 e. The standard InChI is InChI=1S/C15H21ClN2O/c16-12-4-6-13(7-5-12)19-15-10-17-14(15)11-18-8-2-1-3-9-18/h4-7,14-15,17H,1-3,8-11H2/t14-,15-/m1/s1. The van der Waals surface area contributed by atoms with E-state index in [1.165, 1.54) is 32.4 Å². The molecule has 3 rings (SSSR count). The van der Waals surface area contributed by atoms with Crippen molar-refractivity contribution >= 4 is 11.6 Å². The Bertz CT molecular complexity index is 403. The average Bonchev–Trinajstić information content (AvgIpc) is 2.44. The predicted octanol–water partition coefficient (Wildman–Crippen LogP) is 2.55. The van der Waals surface area contributed by atoms with Crippen LogP contribution in [-0.4, -0.2) is 43.2 Å². The van der Waals surface area contributed by atoms with Gasteiger partial charge < -0.3 is 15.0 Å². The van der Waals surface area contributed by atoms with Gasteiger partial charge in [-0.05, 0) is 50.2 Å². The summed E-state index contributed by atoms with van der Waals surface area (Å²) in [7, 11) is 0. The smallest absolute Gasteiger partial charge is 0.128 e. The van der Waals surface area contributed by atoms with E-state index in [0.29, 0.717) is 12.1 Å². The number of nitrogens with zero attached hydrogens (tertiary/aromatic N) is 1. The fourth-order valence-corrected chi connectivity index (χ4v) is 2.92. The lowest BCUT2D eigenvalue weighted by Gasteiger charge is -2.41. The number of hydrogen-bond donors (Lipinski definition) is 1. The normalized spacial score (nSPS) is 27.8. The van der Waals surface area contributed by atoms with Crippen molar-refractivity contribution in [2.45, 2.75) is 31.4 Å². The van der Waals surface area contributed by atoms with Crippen molar-refractivity contribution in [3.63, 3.8) is 0 Å². The lowest BCUT2D eigenvalue weighted by molar-refractivity contribution is 0.0551. The van der Waals surface area contributed by atoms with Gasteiger partial charge in [0, 0.05) is 18.1 Å². The number of likely N-dealkylation sites (tertiary alicyclic amines) is 1. The third-order valence-corrected chi connectivity index (χ3v) is 4.29. The molecule has 0 saturated carbocycles. The van der Waals surface area contributed by atoms with Crippen molar-refractivity contribution in [2.24, 2.45) is 0 Å². The van der Waals surface area contributed by atoms with Gasteiger partial charge in [-0.3, -0.25) is 0 Å². The first-order valence-electron chi connectivity index (χ1n) is 7.19. The van der Waals surface area contributed by atoms with E-state index in [-0.39, 0.29) is 0 Å². The molecule has 4 heteroatoms. The maximum atomic E-state index is 6.01. The highest BCUT2D eigenvalue weighted by atomic mass is 35.5. The number of rotatable bonds is 4. The molecule has 2 aliphatic rings. The van der Waals surface area contributed by atoms with Gasteiger partial charge in [-0.25, -0.2) is 0 Å². The third kappa shape index (κ3) is 3.41. The van der Waals surface area contributed by atoms with Crippen LogP contribution in [0.25, 0.3) is 0 Å². The van der Waals surface area contributed by atoms with E-state index in [2.05, 4.69) is 10.2 Å². The molecular formula is C15H21ClN2O. The number of halogens is 1. The molecule has 0 spiro atoms. The van der Waals surface area contributed by atoms with Crippen LogP contribution >= 0.6 is 11.6 Å². The summed E-state index contributed by atoms with van der Waals surface area (Å²) >= 11 is 5.88. The molecule has 0 amide bonds. The van der Waals surface area contributed by atoms with Gasteiger partial charge in [0.25, 0.3) is 0 Å². The molecule has 2 saturated heterocycles. The van der Waals surface area contributed by atoms with Gasteiger partial charge in [0.15, 0.2) is 0 Å². The minimum Gasteiger partial charge on any atom is -0.487 e. The second-order valence-electron chi connectivity index (χ2n) is 5.49. The van der Waals surface area contributed by atoms with Crippen LogP contribution in [0.15, 0.2) is 24.3 Å². The summed E-state index contributed by atoms with van der Waals surface area (Å²) in [4.78, 5) is 2.55. The number of piperidine rings is 1. The highest BCUT2D eigenvalue weighted by molar-refractivity contribution is 6.30. The van der Waals surface area contributed by atoms with Crippen LogP contribution in [-0.2, 0) is 0 Å². The Morgan fingerprint density at radius 1 is 1.16 bits per heavy atom. The fourth-order valence-electron chi connectivity index (χ4n) is 2.79. The minimum atomic E-state index is 0.295. The van der Waals surface area contributed by atoms with Crippen molar-refractivity contribution in [1.82, 2.24) is 10.2 Å². The Kier molecular flexibility index (Phi) is 4.26. The topological polar surface area (TPSA) is 24.5 Å². The Balaban J connectivity index is 1.50. The van der Waals surface area contributed by atoms with E-state index in [9.17, 15) is 0 Å². The van der Waals surface area contributed by atoms with E-state index in [1.807, 2.05) is 24.3 Å². The van der Waals surface area contributed by atoms with Gasteiger partial charge in [0.1, 0.15) is 11.9 Å². The van der Waals surface area contributed by atoms with Crippen molar-refractivity contribution in [3.05, 3.63) is 29.3 Å². The number of ether oxygens (including phenoxy) is 1. The number of benzene rings is 1. The molecule has 2 heterocycles. The number of nitrogens with one attached hydrogen (secondary N) is 1. The molecule has 1 aromatic carbocycles. The van der Waals surface area contributed by atoms with Crippen molar-refractivity contribution in [2.75, 3.05) is 26.2 Å². The summed E-state index contributed by atoms with van der Waals surface area (Å²) in [6.45, 7) is 4.54. The van der Waals surface area contributed by atoms with Crippen LogP contribution in [0, 0.1) is 0 Å². The lowest BCUT2D eigenvalue weighted by atomic mass is 10.0. The molecule has 0 aliphatic carbocycles. The van der Waals surface area contributed by atoms with E-state index in [0.717, 1.165) is 23.9 Å². The maximum Gasteiger partial charge on any atom is 0.128 e. The van der Waals surface area contributed by atoms with Crippen LogP contribution in [0.1, 0.15) is 19.3 Å². The lowest BCUT2D eigenvalue weighted by Crippen LogP contribution is -2.64. The summed E-state index contributed by atoms with van der Waals surface area (Å²) in [5, 5.41) is 4.24.